The molecule has 0 aromatic rings. The minimum absolute atomic E-state index is 0.0699. The fraction of sp³-hybridized carbons (Fsp3) is 1.00. The van der Waals surface area contributed by atoms with Gasteiger partial charge in [-0.2, -0.15) is 0 Å². The highest BCUT2D eigenvalue weighted by Crippen LogP contribution is 2.17. The Labute approximate surface area is 101 Å². The molecule has 1 aliphatic rings. The second kappa shape index (κ2) is 6.10. The van der Waals surface area contributed by atoms with Gasteiger partial charge in [-0.25, -0.2) is 21.6 Å². The van der Waals surface area contributed by atoms with Crippen LogP contribution in [0.15, 0.2) is 0 Å². The molecule has 0 aromatic carbocycles. The van der Waals surface area contributed by atoms with E-state index >= 15 is 0 Å². The number of hydrogen-bond donors (Lipinski definition) is 2. The first-order chi connectivity index (χ1) is 7.87. The third-order valence-corrected chi connectivity index (χ3v) is 6.28. The molecule has 0 spiro atoms. The Kier molecular flexibility index (Phi) is 5.32. The van der Waals surface area contributed by atoms with Gasteiger partial charge in [-0.1, -0.05) is 0 Å². The SMILES string of the molecule is O=S1(=O)CCC(S(=O)(=O)NCCOCCO)C1. The molecule has 1 unspecified atom stereocenters. The van der Waals surface area contributed by atoms with Gasteiger partial charge in [0.1, 0.15) is 0 Å². The lowest BCUT2D eigenvalue weighted by molar-refractivity contribution is 0.0961. The van der Waals surface area contributed by atoms with E-state index in [1.54, 1.807) is 0 Å². The summed E-state index contributed by atoms with van der Waals surface area (Å²) >= 11 is 0. The van der Waals surface area contributed by atoms with Crippen LogP contribution in [0.2, 0.25) is 0 Å². The fourth-order valence-electron chi connectivity index (χ4n) is 1.55. The first kappa shape index (κ1) is 14.8. The van der Waals surface area contributed by atoms with E-state index in [1.165, 1.54) is 0 Å². The zero-order valence-electron chi connectivity index (χ0n) is 9.33. The quantitative estimate of drug-likeness (QED) is 0.529. The van der Waals surface area contributed by atoms with Crippen LogP contribution < -0.4 is 4.72 Å². The first-order valence-electron chi connectivity index (χ1n) is 5.25. The predicted octanol–water partition coefficient (Wildman–Crippen LogP) is -1.90. The number of rotatable bonds is 7. The first-order valence-corrected chi connectivity index (χ1v) is 8.62. The molecule has 2 N–H and O–H groups in total. The molecular weight excluding hydrogens is 270 g/mol. The third-order valence-electron chi connectivity index (χ3n) is 2.41. The molecule has 1 rings (SSSR count). The van der Waals surface area contributed by atoms with Gasteiger partial charge in [0.25, 0.3) is 0 Å². The summed E-state index contributed by atoms with van der Waals surface area (Å²) in [7, 11) is -6.79. The van der Waals surface area contributed by atoms with Crippen LogP contribution in [0.3, 0.4) is 0 Å². The van der Waals surface area contributed by atoms with E-state index in [1.807, 2.05) is 0 Å². The second-order valence-corrected chi connectivity index (χ2v) is 8.07. The molecule has 102 valence electrons. The molecule has 0 bridgehead atoms. The highest BCUT2D eigenvalue weighted by atomic mass is 32.2. The Morgan fingerprint density at radius 1 is 1.35 bits per heavy atom. The van der Waals surface area contributed by atoms with Gasteiger partial charge in [-0.15, -0.1) is 0 Å². The van der Waals surface area contributed by atoms with Crippen molar-refractivity contribution in [3.8, 4) is 0 Å². The van der Waals surface area contributed by atoms with Gasteiger partial charge in [-0.3, -0.25) is 0 Å². The van der Waals surface area contributed by atoms with Gasteiger partial charge >= 0.3 is 0 Å². The average molecular weight is 287 g/mol. The minimum Gasteiger partial charge on any atom is -0.394 e. The standard InChI is InChI=1S/C8H17NO6S2/c10-3-5-15-4-2-9-17(13,14)8-1-6-16(11,12)7-8/h8-10H,1-7H2. The molecule has 0 aromatic heterocycles. The number of nitrogens with one attached hydrogen (secondary N) is 1. The van der Waals surface area contributed by atoms with Gasteiger partial charge < -0.3 is 9.84 Å². The van der Waals surface area contributed by atoms with Crippen LogP contribution in [0.4, 0.5) is 0 Å². The van der Waals surface area contributed by atoms with E-state index < -0.39 is 25.1 Å². The van der Waals surface area contributed by atoms with Crippen molar-refractivity contribution in [2.45, 2.75) is 11.7 Å². The van der Waals surface area contributed by atoms with E-state index in [-0.39, 0.29) is 44.3 Å². The molecule has 0 radical (unpaired) electrons. The van der Waals surface area contributed by atoms with E-state index in [2.05, 4.69) is 4.72 Å². The summed E-state index contributed by atoms with van der Waals surface area (Å²) in [5, 5.41) is 7.57. The highest BCUT2D eigenvalue weighted by molar-refractivity contribution is 7.95. The van der Waals surface area contributed by atoms with Crippen LogP contribution in [0, 0.1) is 0 Å². The van der Waals surface area contributed by atoms with E-state index in [9.17, 15) is 16.8 Å². The molecule has 9 heteroatoms. The maximum atomic E-state index is 11.7. The summed E-state index contributed by atoms with van der Waals surface area (Å²) in [6.45, 7) is 0.269. The molecular formula is C8H17NO6S2. The Bertz CT molecular complexity index is 429. The van der Waals surface area contributed by atoms with Gasteiger partial charge in [-0.05, 0) is 6.42 Å². The van der Waals surface area contributed by atoms with Crippen LogP contribution >= 0.6 is 0 Å². The molecule has 1 atom stereocenters. The largest absolute Gasteiger partial charge is 0.394 e. The fourth-order valence-corrected chi connectivity index (χ4v) is 5.61. The molecule has 1 heterocycles. The number of aliphatic hydroxyl groups excluding tert-OH is 1. The Hall–Kier alpha value is -0.220. The summed E-state index contributed by atoms with van der Waals surface area (Å²) in [5.74, 6) is -0.376. The van der Waals surface area contributed by atoms with E-state index in [4.69, 9.17) is 9.84 Å². The minimum atomic E-state index is -3.59. The van der Waals surface area contributed by atoms with Crippen LogP contribution in [0.25, 0.3) is 0 Å². The maximum absolute atomic E-state index is 11.7. The summed E-state index contributed by atoms with van der Waals surface area (Å²) < 4.78 is 52.8. The number of ether oxygens (including phenoxy) is 1. The van der Waals surface area contributed by atoms with Gasteiger partial charge in [0.05, 0.1) is 36.6 Å². The Morgan fingerprint density at radius 2 is 2.06 bits per heavy atom. The highest BCUT2D eigenvalue weighted by Gasteiger charge is 2.36. The lowest BCUT2D eigenvalue weighted by Crippen LogP contribution is -2.37. The van der Waals surface area contributed by atoms with Crippen molar-refractivity contribution < 1.29 is 26.7 Å². The van der Waals surface area contributed by atoms with Gasteiger partial charge in [0.15, 0.2) is 9.84 Å². The number of sulfone groups is 1. The third kappa shape index (κ3) is 4.88. The lowest BCUT2D eigenvalue weighted by Gasteiger charge is -2.11. The maximum Gasteiger partial charge on any atom is 0.215 e. The van der Waals surface area contributed by atoms with E-state index in [0.717, 1.165) is 0 Å². The van der Waals surface area contributed by atoms with Crippen molar-refractivity contribution in [2.75, 3.05) is 37.9 Å². The monoisotopic (exact) mass is 287 g/mol. The van der Waals surface area contributed by atoms with Crippen LogP contribution in [-0.2, 0) is 24.6 Å². The lowest BCUT2D eigenvalue weighted by atomic mass is 10.4. The van der Waals surface area contributed by atoms with Crippen LogP contribution in [0.5, 0.6) is 0 Å². The zero-order chi connectivity index (χ0) is 12.9. The van der Waals surface area contributed by atoms with Crippen molar-refractivity contribution >= 4 is 19.9 Å². The topological polar surface area (TPSA) is 110 Å². The van der Waals surface area contributed by atoms with Crippen molar-refractivity contribution in [1.29, 1.82) is 0 Å². The molecule has 7 nitrogen and oxygen atoms in total. The van der Waals surface area contributed by atoms with Crippen molar-refractivity contribution in [3.63, 3.8) is 0 Å². The smallest absolute Gasteiger partial charge is 0.215 e. The summed E-state index contributed by atoms with van der Waals surface area (Å²) in [4.78, 5) is 0. The van der Waals surface area contributed by atoms with Crippen molar-refractivity contribution in [3.05, 3.63) is 0 Å². The molecule has 0 amide bonds. The normalized spacial score (nSPS) is 23.9. The van der Waals surface area contributed by atoms with E-state index in [0.29, 0.717) is 0 Å². The Morgan fingerprint density at radius 3 is 2.59 bits per heavy atom. The summed E-state index contributed by atoms with van der Waals surface area (Å²) in [5.41, 5.74) is 0. The summed E-state index contributed by atoms with van der Waals surface area (Å²) in [6.07, 6.45) is 0.148. The zero-order valence-corrected chi connectivity index (χ0v) is 11.0. The Balaban J connectivity index is 2.37. The summed E-state index contributed by atoms with van der Waals surface area (Å²) in [6, 6.07) is 0. The second-order valence-electron chi connectivity index (χ2n) is 3.80. The molecule has 0 saturated carbocycles. The molecule has 0 aliphatic carbocycles. The number of aliphatic hydroxyl groups is 1. The number of sulfonamides is 1. The van der Waals surface area contributed by atoms with Crippen molar-refractivity contribution in [2.24, 2.45) is 0 Å². The molecule has 17 heavy (non-hydrogen) atoms. The van der Waals surface area contributed by atoms with Crippen LogP contribution in [-0.4, -0.2) is 65.1 Å². The molecule has 1 aliphatic heterocycles. The van der Waals surface area contributed by atoms with Gasteiger partial charge in [0.2, 0.25) is 10.0 Å². The van der Waals surface area contributed by atoms with Crippen LogP contribution in [0.1, 0.15) is 6.42 Å². The average Bonchev–Trinajstić information content (AvgIpc) is 2.59. The number of hydrogen-bond acceptors (Lipinski definition) is 6. The molecule has 1 saturated heterocycles. The molecule has 1 fully saturated rings. The van der Waals surface area contributed by atoms with Crippen molar-refractivity contribution in [1.82, 2.24) is 4.72 Å². The van der Waals surface area contributed by atoms with Gasteiger partial charge in [0, 0.05) is 6.54 Å². The predicted molar refractivity (Wildman–Crippen MR) is 61.9 cm³/mol.